The highest BCUT2D eigenvalue weighted by Crippen LogP contribution is 2.23. The summed E-state index contributed by atoms with van der Waals surface area (Å²) in [5, 5.41) is 0. The molecule has 2 nitrogen and oxygen atoms in total. The summed E-state index contributed by atoms with van der Waals surface area (Å²) in [6.45, 7) is 0. The number of hydrogen-bond acceptors (Lipinski definition) is 2. The number of hydrazine groups is 1. The molecule has 1 rings (SSSR count). The summed E-state index contributed by atoms with van der Waals surface area (Å²) in [6, 6.07) is 5.38. The van der Waals surface area contributed by atoms with E-state index in [1.54, 1.807) is 6.07 Å². The van der Waals surface area contributed by atoms with Gasteiger partial charge in [-0.15, -0.1) is 0 Å². The van der Waals surface area contributed by atoms with Crippen LogP contribution in [0.2, 0.25) is 0 Å². The first kappa shape index (κ1) is 13.9. The van der Waals surface area contributed by atoms with E-state index in [4.69, 9.17) is 5.84 Å². The van der Waals surface area contributed by atoms with Gasteiger partial charge in [0, 0.05) is 12.5 Å². The Morgan fingerprint density at radius 3 is 2.41 bits per heavy atom. The fraction of sp³-hybridized carbons (Fsp3) is 0.455. The molecule has 0 saturated heterocycles. The molecule has 0 bridgehead atoms. The van der Waals surface area contributed by atoms with E-state index in [2.05, 4.69) is 5.43 Å². The average Bonchev–Trinajstić information content (AvgIpc) is 2.25. The molecule has 0 aliphatic heterocycles. The van der Waals surface area contributed by atoms with Crippen LogP contribution in [0.3, 0.4) is 0 Å². The van der Waals surface area contributed by atoms with Crippen molar-refractivity contribution in [1.29, 1.82) is 0 Å². The van der Waals surface area contributed by atoms with E-state index in [0.717, 1.165) is 0 Å². The molecule has 0 aliphatic carbocycles. The number of nitrogens with two attached hydrogens (primary N) is 1. The molecule has 0 aromatic heterocycles. The monoisotopic (exact) mass is 250 g/mol. The average molecular weight is 250 g/mol. The van der Waals surface area contributed by atoms with Gasteiger partial charge in [0.1, 0.15) is 5.82 Å². The van der Waals surface area contributed by atoms with E-state index >= 15 is 0 Å². The zero-order valence-electron chi connectivity index (χ0n) is 9.10. The third-order valence-electron chi connectivity index (χ3n) is 2.44. The predicted molar refractivity (Wildman–Crippen MR) is 56.5 cm³/mol. The molecule has 0 fully saturated rings. The zero-order valence-corrected chi connectivity index (χ0v) is 9.10. The van der Waals surface area contributed by atoms with Gasteiger partial charge in [-0.1, -0.05) is 18.2 Å². The minimum atomic E-state index is -4.22. The number of nitrogens with one attached hydrogen (secondary N) is 1. The first-order chi connectivity index (χ1) is 7.92. The molecule has 6 heteroatoms. The SMILES string of the molecule is NNC(CCC(F)(F)F)Cc1ccccc1F. The Kier molecular flexibility index (Phi) is 4.89. The topological polar surface area (TPSA) is 38.0 Å². The van der Waals surface area contributed by atoms with E-state index in [1.165, 1.54) is 18.2 Å². The Bertz CT molecular complexity index is 352. The van der Waals surface area contributed by atoms with Crippen molar-refractivity contribution >= 4 is 0 Å². The van der Waals surface area contributed by atoms with Crippen LogP contribution in [-0.4, -0.2) is 12.2 Å². The van der Waals surface area contributed by atoms with Crippen LogP contribution in [-0.2, 0) is 6.42 Å². The van der Waals surface area contributed by atoms with Crippen molar-refractivity contribution in [2.75, 3.05) is 0 Å². The molecule has 0 radical (unpaired) electrons. The summed E-state index contributed by atoms with van der Waals surface area (Å²) in [6.07, 6.45) is -5.19. The van der Waals surface area contributed by atoms with Crippen LogP contribution in [0, 0.1) is 5.82 Å². The molecule has 0 aliphatic rings. The Balaban J connectivity index is 2.56. The van der Waals surface area contributed by atoms with E-state index in [1.807, 2.05) is 0 Å². The second-order valence-corrected chi connectivity index (χ2v) is 3.81. The number of rotatable bonds is 5. The number of alkyl halides is 3. The summed E-state index contributed by atoms with van der Waals surface area (Å²) in [5.74, 6) is 4.73. The van der Waals surface area contributed by atoms with E-state index in [-0.39, 0.29) is 12.8 Å². The maximum atomic E-state index is 13.3. The number of hydrogen-bond donors (Lipinski definition) is 2. The molecule has 0 heterocycles. The van der Waals surface area contributed by atoms with Gasteiger partial charge in [0.15, 0.2) is 0 Å². The van der Waals surface area contributed by atoms with Crippen LogP contribution in [0.5, 0.6) is 0 Å². The van der Waals surface area contributed by atoms with Crippen molar-refractivity contribution < 1.29 is 17.6 Å². The third-order valence-corrected chi connectivity index (χ3v) is 2.44. The lowest BCUT2D eigenvalue weighted by atomic mass is 10.0. The van der Waals surface area contributed by atoms with E-state index < -0.39 is 24.5 Å². The normalized spacial score (nSPS) is 13.7. The molecule has 1 aromatic carbocycles. The van der Waals surface area contributed by atoms with Gasteiger partial charge in [-0.05, 0) is 24.5 Å². The summed E-state index contributed by atoms with van der Waals surface area (Å²) in [4.78, 5) is 0. The lowest BCUT2D eigenvalue weighted by Gasteiger charge is -2.17. The van der Waals surface area contributed by atoms with Crippen LogP contribution in [0.15, 0.2) is 24.3 Å². The highest BCUT2D eigenvalue weighted by Gasteiger charge is 2.28. The smallest absolute Gasteiger partial charge is 0.271 e. The second kappa shape index (κ2) is 5.97. The fourth-order valence-electron chi connectivity index (χ4n) is 1.51. The van der Waals surface area contributed by atoms with Crippen molar-refractivity contribution in [1.82, 2.24) is 5.43 Å². The summed E-state index contributed by atoms with van der Waals surface area (Å²) in [5.41, 5.74) is 2.64. The fourth-order valence-corrected chi connectivity index (χ4v) is 1.51. The van der Waals surface area contributed by atoms with Gasteiger partial charge < -0.3 is 0 Å². The zero-order chi connectivity index (χ0) is 12.9. The van der Waals surface area contributed by atoms with Crippen molar-refractivity contribution in [3.05, 3.63) is 35.6 Å². The Labute approximate surface area is 96.8 Å². The first-order valence-electron chi connectivity index (χ1n) is 5.18. The second-order valence-electron chi connectivity index (χ2n) is 3.81. The maximum Gasteiger partial charge on any atom is 0.389 e. The molecule has 1 atom stereocenters. The lowest BCUT2D eigenvalue weighted by Crippen LogP contribution is -2.37. The predicted octanol–water partition coefficient (Wildman–Crippen LogP) is 2.54. The van der Waals surface area contributed by atoms with Gasteiger partial charge in [-0.2, -0.15) is 13.2 Å². The molecular weight excluding hydrogens is 236 g/mol. The molecule has 0 amide bonds. The van der Waals surface area contributed by atoms with Gasteiger partial charge >= 0.3 is 6.18 Å². The summed E-state index contributed by atoms with van der Waals surface area (Å²) in [7, 11) is 0. The molecule has 1 aromatic rings. The Morgan fingerprint density at radius 2 is 1.88 bits per heavy atom. The van der Waals surface area contributed by atoms with Gasteiger partial charge in [0.2, 0.25) is 0 Å². The minimum Gasteiger partial charge on any atom is -0.271 e. The number of halogens is 4. The molecular formula is C11H14F4N2. The van der Waals surface area contributed by atoms with Crippen LogP contribution < -0.4 is 11.3 Å². The van der Waals surface area contributed by atoms with Crippen LogP contribution in [0.1, 0.15) is 18.4 Å². The lowest BCUT2D eigenvalue weighted by molar-refractivity contribution is -0.136. The molecule has 0 spiro atoms. The van der Waals surface area contributed by atoms with E-state index in [9.17, 15) is 17.6 Å². The summed E-state index contributed by atoms with van der Waals surface area (Å²) >= 11 is 0. The standard InChI is InChI=1S/C11H14F4N2/c12-10-4-2-1-3-8(10)7-9(17-16)5-6-11(13,14)15/h1-4,9,17H,5-7,16H2. The van der Waals surface area contributed by atoms with Crippen LogP contribution >= 0.6 is 0 Å². The first-order valence-corrected chi connectivity index (χ1v) is 5.18. The van der Waals surface area contributed by atoms with Crippen molar-refractivity contribution in [2.24, 2.45) is 5.84 Å². The van der Waals surface area contributed by atoms with Crippen molar-refractivity contribution in [2.45, 2.75) is 31.5 Å². The molecule has 3 N–H and O–H groups in total. The molecule has 96 valence electrons. The highest BCUT2D eigenvalue weighted by molar-refractivity contribution is 5.18. The van der Waals surface area contributed by atoms with Gasteiger partial charge in [-0.25, -0.2) is 4.39 Å². The quantitative estimate of drug-likeness (QED) is 0.479. The summed E-state index contributed by atoms with van der Waals surface area (Å²) < 4.78 is 49.4. The van der Waals surface area contributed by atoms with Gasteiger partial charge in [0.05, 0.1) is 0 Å². The largest absolute Gasteiger partial charge is 0.389 e. The minimum absolute atomic E-state index is 0.138. The Hall–Kier alpha value is -1.14. The molecule has 0 saturated carbocycles. The molecule has 17 heavy (non-hydrogen) atoms. The molecule has 1 unspecified atom stereocenters. The highest BCUT2D eigenvalue weighted by atomic mass is 19.4. The van der Waals surface area contributed by atoms with Crippen LogP contribution in [0.25, 0.3) is 0 Å². The van der Waals surface area contributed by atoms with Gasteiger partial charge in [0.25, 0.3) is 0 Å². The van der Waals surface area contributed by atoms with Crippen molar-refractivity contribution in [3.8, 4) is 0 Å². The van der Waals surface area contributed by atoms with Gasteiger partial charge in [-0.3, -0.25) is 11.3 Å². The number of benzene rings is 1. The van der Waals surface area contributed by atoms with E-state index in [0.29, 0.717) is 5.56 Å². The third kappa shape index (κ3) is 5.14. The maximum absolute atomic E-state index is 13.3. The van der Waals surface area contributed by atoms with Crippen LogP contribution in [0.4, 0.5) is 17.6 Å². The van der Waals surface area contributed by atoms with Crippen molar-refractivity contribution in [3.63, 3.8) is 0 Å². The Morgan fingerprint density at radius 1 is 1.24 bits per heavy atom.